The molecule has 190 valence electrons. The van der Waals surface area contributed by atoms with E-state index < -0.39 is 11.8 Å². The molecule has 0 aromatic heterocycles. The summed E-state index contributed by atoms with van der Waals surface area (Å²) in [5.74, 6) is -0.478. The smallest absolute Gasteiger partial charge is 0.293 e. The van der Waals surface area contributed by atoms with Gasteiger partial charge < -0.3 is 10.1 Å². The van der Waals surface area contributed by atoms with Crippen LogP contribution in [0.3, 0.4) is 0 Å². The molecule has 1 saturated heterocycles. The molecule has 1 N–H and O–H groups in total. The second-order valence-corrected chi connectivity index (χ2v) is 10.2. The Hall–Kier alpha value is -3.78. The lowest BCUT2D eigenvalue weighted by Gasteiger charge is -2.14. The number of nitrogens with zero attached hydrogens (tertiary/aromatic N) is 1. The zero-order valence-corrected chi connectivity index (χ0v) is 22.1. The number of amides is 3. The van der Waals surface area contributed by atoms with E-state index in [1.165, 1.54) is 4.90 Å². The van der Waals surface area contributed by atoms with Gasteiger partial charge in [-0.1, -0.05) is 77.8 Å². The molecule has 0 aliphatic carbocycles. The maximum absolute atomic E-state index is 13.2. The number of halogens is 2. The van der Waals surface area contributed by atoms with Crippen LogP contribution >= 0.6 is 35.0 Å². The molecule has 0 radical (unpaired) electrons. The number of anilines is 1. The van der Waals surface area contributed by atoms with Crippen LogP contribution in [0, 0.1) is 0 Å². The number of carbonyl (C=O) groups excluding carboxylic acids is 3. The second kappa shape index (κ2) is 11.3. The lowest BCUT2D eigenvalue weighted by atomic mass is 10.0. The topological polar surface area (TPSA) is 75.7 Å². The van der Waals surface area contributed by atoms with Crippen LogP contribution in [-0.4, -0.2) is 28.6 Å². The Morgan fingerprint density at radius 2 is 1.71 bits per heavy atom. The van der Waals surface area contributed by atoms with Gasteiger partial charge in [-0.2, -0.15) is 0 Å². The summed E-state index contributed by atoms with van der Waals surface area (Å²) < 4.78 is 5.73. The summed E-state index contributed by atoms with van der Waals surface area (Å²) in [5, 5.41) is 5.17. The standard InChI is InChI=1S/C29H20Cl2N2O4S/c30-21-12-13-25(37-17-27(34)32-24-11-4-3-10-23(24)31)20(14-21)15-26-28(35)33(29(36)38-26)16-19-8-5-7-18-6-1-2-9-22(18)19/h1-15H,16-17H2,(H,32,34)/b26-15-. The third-order valence-electron chi connectivity index (χ3n) is 5.85. The van der Waals surface area contributed by atoms with Gasteiger partial charge >= 0.3 is 0 Å². The van der Waals surface area contributed by atoms with Gasteiger partial charge in [0.1, 0.15) is 5.75 Å². The van der Waals surface area contributed by atoms with Crippen molar-refractivity contribution in [2.75, 3.05) is 11.9 Å². The van der Waals surface area contributed by atoms with E-state index in [2.05, 4.69) is 5.32 Å². The number of imide groups is 1. The molecule has 0 saturated carbocycles. The molecule has 38 heavy (non-hydrogen) atoms. The van der Waals surface area contributed by atoms with Crippen molar-refractivity contribution in [3.63, 3.8) is 0 Å². The fraction of sp³-hybridized carbons (Fsp3) is 0.0690. The van der Waals surface area contributed by atoms with Crippen LogP contribution in [0.4, 0.5) is 10.5 Å². The summed E-state index contributed by atoms with van der Waals surface area (Å²) >= 11 is 13.1. The predicted octanol–water partition coefficient (Wildman–Crippen LogP) is 7.40. The molecule has 0 spiro atoms. The molecule has 4 aromatic rings. The minimum absolute atomic E-state index is 0.157. The maximum atomic E-state index is 13.2. The van der Waals surface area contributed by atoms with Gasteiger partial charge in [0.2, 0.25) is 0 Å². The zero-order chi connectivity index (χ0) is 26.6. The van der Waals surface area contributed by atoms with Gasteiger partial charge in [0.25, 0.3) is 17.1 Å². The lowest BCUT2D eigenvalue weighted by molar-refractivity contribution is -0.123. The van der Waals surface area contributed by atoms with Crippen molar-refractivity contribution in [2.45, 2.75) is 6.54 Å². The summed E-state index contributed by atoms with van der Waals surface area (Å²) in [6.45, 7) is -0.138. The SMILES string of the molecule is O=C(COc1ccc(Cl)cc1/C=C1\SC(=O)N(Cc2cccc3ccccc23)C1=O)Nc1ccccc1Cl. The van der Waals surface area contributed by atoms with E-state index in [0.717, 1.165) is 28.1 Å². The van der Waals surface area contributed by atoms with Crippen LogP contribution in [0.2, 0.25) is 10.0 Å². The summed E-state index contributed by atoms with van der Waals surface area (Å²) in [5.41, 5.74) is 1.82. The Morgan fingerprint density at radius 1 is 0.947 bits per heavy atom. The molecule has 5 rings (SSSR count). The third kappa shape index (κ3) is 5.70. The van der Waals surface area contributed by atoms with Gasteiger partial charge in [-0.3, -0.25) is 19.3 Å². The third-order valence-corrected chi connectivity index (χ3v) is 7.32. The average Bonchev–Trinajstić information content (AvgIpc) is 3.17. The molecular weight excluding hydrogens is 543 g/mol. The van der Waals surface area contributed by atoms with E-state index in [9.17, 15) is 14.4 Å². The maximum Gasteiger partial charge on any atom is 0.293 e. The first-order valence-corrected chi connectivity index (χ1v) is 13.1. The Bertz CT molecular complexity index is 1600. The highest BCUT2D eigenvalue weighted by molar-refractivity contribution is 8.18. The molecule has 9 heteroatoms. The predicted molar refractivity (Wildman–Crippen MR) is 152 cm³/mol. The fourth-order valence-corrected chi connectivity index (χ4v) is 5.23. The number of hydrogen-bond donors (Lipinski definition) is 1. The second-order valence-electron chi connectivity index (χ2n) is 8.40. The van der Waals surface area contributed by atoms with E-state index in [0.29, 0.717) is 27.0 Å². The van der Waals surface area contributed by atoms with Crippen molar-refractivity contribution >= 4 is 74.6 Å². The van der Waals surface area contributed by atoms with E-state index in [1.54, 1.807) is 48.5 Å². The minimum atomic E-state index is -0.408. The van der Waals surface area contributed by atoms with Gasteiger partial charge in [0.15, 0.2) is 6.61 Å². The summed E-state index contributed by atoms with van der Waals surface area (Å²) in [6, 6.07) is 25.3. The summed E-state index contributed by atoms with van der Waals surface area (Å²) in [6.07, 6.45) is 1.56. The van der Waals surface area contributed by atoms with Crippen molar-refractivity contribution in [1.29, 1.82) is 0 Å². The lowest BCUT2D eigenvalue weighted by Crippen LogP contribution is -2.27. The molecule has 1 fully saturated rings. The van der Waals surface area contributed by atoms with Crippen molar-refractivity contribution in [3.8, 4) is 5.75 Å². The van der Waals surface area contributed by atoms with Crippen LogP contribution in [0.1, 0.15) is 11.1 Å². The zero-order valence-electron chi connectivity index (χ0n) is 19.8. The van der Waals surface area contributed by atoms with Crippen molar-refractivity contribution in [3.05, 3.63) is 111 Å². The molecule has 1 heterocycles. The van der Waals surface area contributed by atoms with Crippen LogP contribution in [0.5, 0.6) is 5.75 Å². The minimum Gasteiger partial charge on any atom is -0.483 e. The van der Waals surface area contributed by atoms with E-state index >= 15 is 0 Å². The molecule has 6 nitrogen and oxygen atoms in total. The Labute approximate surface area is 233 Å². The van der Waals surface area contributed by atoms with Crippen LogP contribution in [0.15, 0.2) is 89.8 Å². The van der Waals surface area contributed by atoms with Gasteiger partial charge in [-0.15, -0.1) is 0 Å². The molecule has 1 aliphatic heterocycles. The molecule has 0 unspecified atom stereocenters. The first-order chi connectivity index (χ1) is 18.4. The Balaban J connectivity index is 1.33. The number of nitrogens with one attached hydrogen (secondary N) is 1. The van der Waals surface area contributed by atoms with Crippen molar-refractivity contribution < 1.29 is 19.1 Å². The summed E-state index contributed by atoms with van der Waals surface area (Å²) in [4.78, 5) is 39.9. The van der Waals surface area contributed by atoms with Gasteiger partial charge in [-0.25, -0.2) is 0 Å². The molecule has 4 aromatic carbocycles. The number of hydrogen-bond acceptors (Lipinski definition) is 5. The van der Waals surface area contributed by atoms with Crippen LogP contribution < -0.4 is 10.1 Å². The number of rotatable bonds is 7. The Morgan fingerprint density at radius 3 is 2.55 bits per heavy atom. The highest BCUT2D eigenvalue weighted by Crippen LogP contribution is 2.36. The van der Waals surface area contributed by atoms with Crippen molar-refractivity contribution in [1.82, 2.24) is 4.90 Å². The molecule has 0 bridgehead atoms. The normalized spacial score (nSPS) is 14.4. The molecular formula is C29H20Cl2N2O4S. The fourth-order valence-electron chi connectivity index (χ4n) is 4.03. The number of fused-ring (bicyclic) bond motifs is 1. The van der Waals surface area contributed by atoms with Gasteiger partial charge in [0.05, 0.1) is 22.2 Å². The van der Waals surface area contributed by atoms with Gasteiger partial charge in [0, 0.05) is 10.6 Å². The Kier molecular flexibility index (Phi) is 7.69. The number of thioether (sulfide) groups is 1. The number of benzene rings is 4. The average molecular weight is 563 g/mol. The molecule has 3 amide bonds. The highest BCUT2D eigenvalue weighted by Gasteiger charge is 2.35. The first-order valence-electron chi connectivity index (χ1n) is 11.6. The molecule has 0 atom stereocenters. The monoisotopic (exact) mass is 562 g/mol. The first kappa shape index (κ1) is 25.9. The van der Waals surface area contributed by atoms with E-state index in [1.807, 2.05) is 42.5 Å². The highest BCUT2D eigenvalue weighted by atomic mass is 35.5. The number of ether oxygens (including phenoxy) is 1. The summed E-state index contributed by atoms with van der Waals surface area (Å²) in [7, 11) is 0. The van der Waals surface area contributed by atoms with Crippen LogP contribution in [-0.2, 0) is 16.1 Å². The number of para-hydroxylation sites is 1. The number of carbonyl (C=O) groups is 3. The van der Waals surface area contributed by atoms with Gasteiger partial charge in [-0.05, 0) is 64.5 Å². The quantitative estimate of drug-likeness (QED) is 0.237. The van der Waals surface area contributed by atoms with E-state index in [-0.39, 0.29) is 23.3 Å². The van der Waals surface area contributed by atoms with Crippen LogP contribution in [0.25, 0.3) is 16.8 Å². The van der Waals surface area contributed by atoms with E-state index in [4.69, 9.17) is 27.9 Å². The largest absolute Gasteiger partial charge is 0.483 e. The van der Waals surface area contributed by atoms with Crippen molar-refractivity contribution in [2.24, 2.45) is 0 Å². The molecule has 1 aliphatic rings.